The predicted octanol–water partition coefficient (Wildman–Crippen LogP) is 3.21. The predicted molar refractivity (Wildman–Crippen MR) is 101 cm³/mol. The average Bonchev–Trinajstić information content (AvgIpc) is 2.60. The minimum atomic E-state index is -0.643. The molecule has 2 amide bonds. The van der Waals surface area contributed by atoms with Crippen LogP contribution in [0.5, 0.6) is 0 Å². The standard InChI is InChI=1S/C18H25N3O4S/c1-12(2)8-10-26-16-7-6-13(11-15(16)21(24)25)18(23)20-9-4-3-5-14(20)17(19)22/h6-7,11-12,14H,3-5,8-10H2,1-2H3,(H2,19,22). The highest BCUT2D eigenvalue weighted by Gasteiger charge is 2.32. The molecule has 1 fully saturated rings. The number of nitro groups is 1. The zero-order chi connectivity index (χ0) is 19.3. The van der Waals surface area contributed by atoms with Crippen molar-refractivity contribution < 1.29 is 14.5 Å². The molecule has 2 N–H and O–H groups in total. The van der Waals surface area contributed by atoms with Gasteiger partial charge in [0.25, 0.3) is 11.6 Å². The molecule has 2 rings (SSSR count). The normalized spacial score (nSPS) is 17.3. The molecule has 0 aromatic heterocycles. The lowest BCUT2D eigenvalue weighted by molar-refractivity contribution is -0.387. The van der Waals surface area contributed by atoms with Gasteiger partial charge < -0.3 is 10.6 Å². The third-order valence-corrected chi connectivity index (χ3v) is 5.54. The van der Waals surface area contributed by atoms with Gasteiger partial charge in [0.15, 0.2) is 0 Å². The second kappa shape index (κ2) is 9.02. The van der Waals surface area contributed by atoms with Crippen molar-refractivity contribution in [2.75, 3.05) is 12.3 Å². The molecule has 1 aromatic rings. The Labute approximate surface area is 157 Å². The van der Waals surface area contributed by atoms with Gasteiger partial charge in [-0.05, 0) is 49.5 Å². The molecular weight excluding hydrogens is 354 g/mol. The first-order valence-electron chi connectivity index (χ1n) is 8.82. The summed E-state index contributed by atoms with van der Waals surface area (Å²) in [6.45, 7) is 4.64. The van der Waals surface area contributed by atoms with Gasteiger partial charge in [-0.1, -0.05) is 13.8 Å². The van der Waals surface area contributed by atoms with Gasteiger partial charge in [-0.2, -0.15) is 0 Å². The summed E-state index contributed by atoms with van der Waals surface area (Å²) in [6.07, 6.45) is 3.12. The van der Waals surface area contributed by atoms with Crippen molar-refractivity contribution in [3.05, 3.63) is 33.9 Å². The smallest absolute Gasteiger partial charge is 0.283 e. The Bertz CT molecular complexity index is 693. The van der Waals surface area contributed by atoms with E-state index in [9.17, 15) is 19.7 Å². The number of nitrogens with two attached hydrogens (primary N) is 1. The lowest BCUT2D eigenvalue weighted by atomic mass is 10.00. The van der Waals surface area contributed by atoms with Gasteiger partial charge in [-0.15, -0.1) is 11.8 Å². The van der Waals surface area contributed by atoms with Crippen LogP contribution in [0.1, 0.15) is 49.9 Å². The zero-order valence-electron chi connectivity index (χ0n) is 15.1. The molecule has 0 aliphatic carbocycles. The van der Waals surface area contributed by atoms with E-state index in [1.807, 2.05) is 0 Å². The van der Waals surface area contributed by atoms with Gasteiger partial charge in [-0.3, -0.25) is 19.7 Å². The van der Waals surface area contributed by atoms with E-state index in [0.717, 1.165) is 25.0 Å². The quantitative estimate of drug-likeness (QED) is 0.445. The summed E-state index contributed by atoms with van der Waals surface area (Å²) in [5, 5.41) is 11.4. The van der Waals surface area contributed by atoms with Crippen LogP contribution in [0.15, 0.2) is 23.1 Å². The molecule has 7 nitrogen and oxygen atoms in total. The number of hydrogen-bond acceptors (Lipinski definition) is 5. The maximum atomic E-state index is 12.8. The van der Waals surface area contributed by atoms with Gasteiger partial charge in [-0.25, -0.2) is 0 Å². The first-order chi connectivity index (χ1) is 12.3. The van der Waals surface area contributed by atoms with Crippen LogP contribution in [0.25, 0.3) is 0 Å². The van der Waals surface area contributed by atoms with E-state index in [1.54, 1.807) is 12.1 Å². The fraction of sp³-hybridized carbons (Fsp3) is 0.556. The van der Waals surface area contributed by atoms with Crippen molar-refractivity contribution in [2.45, 2.75) is 50.5 Å². The van der Waals surface area contributed by atoms with E-state index < -0.39 is 16.9 Å². The molecule has 0 bridgehead atoms. The van der Waals surface area contributed by atoms with Gasteiger partial charge in [0.1, 0.15) is 6.04 Å². The lowest BCUT2D eigenvalue weighted by Gasteiger charge is -2.33. The molecule has 1 aliphatic heterocycles. The Morgan fingerprint density at radius 3 is 2.73 bits per heavy atom. The lowest BCUT2D eigenvalue weighted by Crippen LogP contribution is -2.50. The van der Waals surface area contributed by atoms with Crippen LogP contribution in [0.2, 0.25) is 0 Å². The molecule has 1 aliphatic rings. The molecule has 0 saturated carbocycles. The van der Waals surface area contributed by atoms with Crippen LogP contribution in [0, 0.1) is 16.0 Å². The molecular formula is C18H25N3O4S. The van der Waals surface area contributed by atoms with E-state index in [2.05, 4.69) is 13.8 Å². The van der Waals surface area contributed by atoms with Crippen LogP contribution in [-0.2, 0) is 4.79 Å². The Morgan fingerprint density at radius 1 is 1.38 bits per heavy atom. The molecule has 8 heteroatoms. The first kappa shape index (κ1) is 20.2. The minimum absolute atomic E-state index is 0.0720. The van der Waals surface area contributed by atoms with Crippen LogP contribution in [0.3, 0.4) is 0 Å². The number of nitro benzene ring substituents is 1. The number of nitrogens with zero attached hydrogens (tertiary/aromatic N) is 2. The maximum absolute atomic E-state index is 12.8. The van der Waals surface area contributed by atoms with E-state index in [0.29, 0.717) is 23.8 Å². The van der Waals surface area contributed by atoms with Gasteiger partial charge in [0.05, 0.1) is 9.82 Å². The average molecular weight is 379 g/mol. The first-order valence-corrected chi connectivity index (χ1v) is 9.81. The largest absolute Gasteiger partial charge is 0.368 e. The minimum Gasteiger partial charge on any atom is -0.368 e. The van der Waals surface area contributed by atoms with E-state index in [-0.39, 0.29) is 17.2 Å². The Morgan fingerprint density at radius 2 is 2.12 bits per heavy atom. The molecule has 1 heterocycles. The topological polar surface area (TPSA) is 107 Å². The Balaban J connectivity index is 2.23. The van der Waals surface area contributed by atoms with Crippen molar-refractivity contribution in [1.82, 2.24) is 4.90 Å². The Kier molecular flexibility index (Phi) is 7.02. The number of thioether (sulfide) groups is 1. The summed E-state index contributed by atoms with van der Waals surface area (Å²) in [7, 11) is 0. The van der Waals surface area contributed by atoms with Crippen LogP contribution < -0.4 is 5.73 Å². The van der Waals surface area contributed by atoms with E-state index in [1.165, 1.54) is 22.7 Å². The molecule has 1 saturated heterocycles. The van der Waals surface area contributed by atoms with Crippen molar-refractivity contribution in [3.8, 4) is 0 Å². The fourth-order valence-corrected chi connectivity index (χ4v) is 4.21. The number of primary amides is 1. The van der Waals surface area contributed by atoms with Crippen LogP contribution >= 0.6 is 11.8 Å². The fourth-order valence-electron chi connectivity index (χ4n) is 2.96. The van der Waals surface area contributed by atoms with Crippen LogP contribution in [-0.4, -0.2) is 40.0 Å². The van der Waals surface area contributed by atoms with E-state index in [4.69, 9.17) is 5.73 Å². The maximum Gasteiger partial charge on any atom is 0.283 e. The van der Waals surface area contributed by atoms with Crippen molar-refractivity contribution in [1.29, 1.82) is 0 Å². The number of likely N-dealkylation sites (tertiary alicyclic amines) is 1. The summed E-state index contributed by atoms with van der Waals surface area (Å²) in [5.41, 5.74) is 5.56. The number of carbonyl (C=O) groups is 2. The van der Waals surface area contributed by atoms with Crippen molar-refractivity contribution in [2.24, 2.45) is 11.7 Å². The molecule has 0 radical (unpaired) electrons. The SMILES string of the molecule is CC(C)CCSc1ccc(C(=O)N2CCCCC2C(N)=O)cc1[N+](=O)[O-]. The summed E-state index contributed by atoms with van der Waals surface area (Å²) in [4.78, 5) is 37.4. The van der Waals surface area contributed by atoms with Gasteiger partial charge in [0, 0.05) is 18.2 Å². The summed E-state index contributed by atoms with van der Waals surface area (Å²) < 4.78 is 0. The summed E-state index contributed by atoms with van der Waals surface area (Å²) in [6, 6.07) is 3.89. The van der Waals surface area contributed by atoms with Crippen LogP contribution in [0.4, 0.5) is 5.69 Å². The number of benzene rings is 1. The number of rotatable bonds is 7. The van der Waals surface area contributed by atoms with E-state index >= 15 is 0 Å². The molecule has 0 spiro atoms. The monoisotopic (exact) mass is 379 g/mol. The molecule has 1 aromatic carbocycles. The third-order valence-electron chi connectivity index (χ3n) is 4.45. The molecule has 1 unspecified atom stereocenters. The second-order valence-electron chi connectivity index (χ2n) is 6.88. The Hall–Kier alpha value is -2.09. The molecule has 142 valence electrons. The summed E-state index contributed by atoms with van der Waals surface area (Å²) >= 11 is 1.42. The van der Waals surface area contributed by atoms with Gasteiger partial charge in [0.2, 0.25) is 5.91 Å². The van der Waals surface area contributed by atoms with Crippen molar-refractivity contribution in [3.63, 3.8) is 0 Å². The third kappa shape index (κ3) is 4.97. The summed E-state index contributed by atoms with van der Waals surface area (Å²) in [5.74, 6) is 0.387. The highest BCUT2D eigenvalue weighted by atomic mass is 32.2. The highest BCUT2D eigenvalue weighted by molar-refractivity contribution is 7.99. The highest BCUT2D eigenvalue weighted by Crippen LogP contribution is 2.32. The molecule has 1 atom stereocenters. The molecule has 26 heavy (non-hydrogen) atoms. The number of hydrogen-bond donors (Lipinski definition) is 1. The van der Waals surface area contributed by atoms with Gasteiger partial charge >= 0.3 is 0 Å². The van der Waals surface area contributed by atoms with Crippen molar-refractivity contribution >= 4 is 29.3 Å². The number of carbonyl (C=O) groups excluding carboxylic acids is 2. The number of piperidine rings is 1. The number of amides is 2. The zero-order valence-corrected chi connectivity index (χ0v) is 16.0. The second-order valence-corrected chi connectivity index (χ2v) is 8.02.